The molecule has 0 fully saturated rings. The highest BCUT2D eigenvalue weighted by Crippen LogP contribution is 2.18. The highest BCUT2D eigenvalue weighted by Gasteiger charge is 2.15. The zero-order valence-electron chi connectivity index (χ0n) is 7.22. The fourth-order valence-electron chi connectivity index (χ4n) is 0.892. The number of hydrogen-bond donors (Lipinski definition) is 1. The Bertz CT molecular complexity index is 436. The molecule has 72 valence electrons. The SMILES string of the molecule is COc1nc(C(=O)c2ncn[nH]2)cs1. The smallest absolute Gasteiger partial charge is 0.273 e. The Labute approximate surface area is 83.0 Å². The molecule has 0 unspecified atom stereocenters. The van der Waals surface area contributed by atoms with Gasteiger partial charge in [-0.25, -0.2) is 4.98 Å². The van der Waals surface area contributed by atoms with Crippen LogP contribution in [-0.4, -0.2) is 33.1 Å². The lowest BCUT2D eigenvalue weighted by molar-refractivity contribution is 0.102. The summed E-state index contributed by atoms with van der Waals surface area (Å²) in [6, 6.07) is 0. The lowest BCUT2D eigenvalue weighted by Crippen LogP contribution is -2.04. The van der Waals surface area contributed by atoms with Gasteiger partial charge >= 0.3 is 0 Å². The highest BCUT2D eigenvalue weighted by atomic mass is 32.1. The van der Waals surface area contributed by atoms with Crippen LogP contribution in [0, 0.1) is 0 Å². The molecule has 0 saturated heterocycles. The van der Waals surface area contributed by atoms with Gasteiger partial charge in [0.1, 0.15) is 12.0 Å². The van der Waals surface area contributed by atoms with E-state index < -0.39 is 0 Å². The van der Waals surface area contributed by atoms with E-state index in [1.165, 1.54) is 24.8 Å². The molecule has 2 rings (SSSR count). The fraction of sp³-hybridized carbons (Fsp3) is 0.143. The molecule has 0 radical (unpaired) electrons. The Kier molecular flexibility index (Phi) is 2.23. The lowest BCUT2D eigenvalue weighted by atomic mass is 10.3. The molecule has 2 aromatic rings. The van der Waals surface area contributed by atoms with Gasteiger partial charge in [0.15, 0.2) is 5.82 Å². The molecule has 0 spiro atoms. The topological polar surface area (TPSA) is 80.8 Å². The minimum absolute atomic E-state index is 0.179. The van der Waals surface area contributed by atoms with E-state index in [2.05, 4.69) is 20.2 Å². The molecule has 0 bridgehead atoms. The number of aromatic amines is 1. The summed E-state index contributed by atoms with van der Waals surface area (Å²) in [4.78, 5) is 19.3. The second-order valence-electron chi connectivity index (χ2n) is 2.37. The molecule has 0 saturated carbocycles. The van der Waals surface area contributed by atoms with Gasteiger partial charge in [-0.05, 0) is 0 Å². The summed E-state index contributed by atoms with van der Waals surface area (Å²) in [5, 5.41) is 8.13. The third-order valence-electron chi connectivity index (χ3n) is 1.52. The number of methoxy groups -OCH3 is 1. The Morgan fingerprint density at radius 1 is 1.64 bits per heavy atom. The maximum absolute atomic E-state index is 11.6. The van der Waals surface area contributed by atoms with Crippen molar-refractivity contribution in [3.63, 3.8) is 0 Å². The maximum Gasteiger partial charge on any atom is 0.273 e. The molecule has 14 heavy (non-hydrogen) atoms. The number of carbonyl (C=O) groups is 1. The van der Waals surface area contributed by atoms with Crippen molar-refractivity contribution in [2.45, 2.75) is 0 Å². The molecule has 0 aliphatic carbocycles. The van der Waals surface area contributed by atoms with Crippen molar-refractivity contribution < 1.29 is 9.53 Å². The third kappa shape index (κ3) is 1.49. The molecule has 2 aromatic heterocycles. The second kappa shape index (κ2) is 3.54. The summed E-state index contributed by atoms with van der Waals surface area (Å²) >= 11 is 1.26. The quantitative estimate of drug-likeness (QED) is 0.746. The van der Waals surface area contributed by atoms with E-state index >= 15 is 0 Å². The number of rotatable bonds is 3. The van der Waals surface area contributed by atoms with Crippen LogP contribution in [0.4, 0.5) is 0 Å². The lowest BCUT2D eigenvalue weighted by Gasteiger charge is -1.90. The largest absolute Gasteiger partial charge is 0.473 e. The number of ketones is 1. The first-order chi connectivity index (χ1) is 6.81. The number of carbonyl (C=O) groups excluding carboxylic acids is 1. The normalized spacial score (nSPS) is 10.1. The summed E-state index contributed by atoms with van der Waals surface area (Å²) in [5.41, 5.74) is 0.309. The van der Waals surface area contributed by atoms with Crippen LogP contribution in [0.1, 0.15) is 16.3 Å². The summed E-state index contributed by atoms with van der Waals surface area (Å²) in [6.45, 7) is 0. The Hall–Kier alpha value is -1.76. The number of thiazole rings is 1. The van der Waals surface area contributed by atoms with E-state index in [-0.39, 0.29) is 11.6 Å². The first kappa shape index (κ1) is 8.82. The Morgan fingerprint density at radius 2 is 2.50 bits per heavy atom. The van der Waals surface area contributed by atoms with E-state index in [4.69, 9.17) is 4.74 Å². The number of hydrogen-bond acceptors (Lipinski definition) is 6. The molecule has 2 heterocycles. The zero-order chi connectivity index (χ0) is 9.97. The predicted molar refractivity (Wildman–Crippen MR) is 48.5 cm³/mol. The van der Waals surface area contributed by atoms with Gasteiger partial charge in [-0.15, -0.1) is 0 Å². The van der Waals surface area contributed by atoms with Crippen LogP contribution in [0.3, 0.4) is 0 Å². The van der Waals surface area contributed by atoms with Crippen LogP contribution < -0.4 is 4.74 Å². The molecule has 0 amide bonds. The van der Waals surface area contributed by atoms with Crippen molar-refractivity contribution in [1.82, 2.24) is 20.2 Å². The van der Waals surface area contributed by atoms with Gasteiger partial charge in [0, 0.05) is 5.38 Å². The average molecular weight is 210 g/mol. The van der Waals surface area contributed by atoms with Gasteiger partial charge in [-0.1, -0.05) is 11.3 Å². The number of aromatic nitrogens is 4. The van der Waals surface area contributed by atoms with Crippen LogP contribution in [0.15, 0.2) is 11.7 Å². The number of nitrogens with zero attached hydrogens (tertiary/aromatic N) is 3. The van der Waals surface area contributed by atoms with Crippen LogP contribution >= 0.6 is 11.3 Å². The van der Waals surface area contributed by atoms with Gasteiger partial charge in [0.05, 0.1) is 7.11 Å². The van der Waals surface area contributed by atoms with Gasteiger partial charge in [-0.3, -0.25) is 9.89 Å². The summed E-state index contributed by atoms with van der Waals surface area (Å²) in [6.07, 6.45) is 1.27. The van der Waals surface area contributed by atoms with Crippen molar-refractivity contribution in [2.75, 3.05) is 7.11 Å². The molecule has 0 atom stereocenters. The molecule has 7 heteroatoms. The molecular weight excluding hydrogens is 204 g/mol. The Balaban J connectivity index is 2.28. The molecular formula is C7H6N4O2S. The van der Waals surface area contributed by atoms with Crippen LogP contribution in [0.5, 0.6) is 5.19 Å². The number of nitrogens with one attached hydrogen (secondary N) is 1. The van der Waals surface area contributed by atoms with E-state index in [9.17, 15) is 4.79 Å². The van der Waals surface area contributed by atoms with Crippen LogP contribution in [0.2, 0.25) is 0 Å². The summed E-state index contributed by atoms with van der Waals surface area (Å²) in [5.74, 6) is -0.111. The highest BCUT2D eigenvalue weighted by molar-refractivity contribution is 7.11. The minimum Gasteiger partial charge on any atom is -0.473 e. The molecule has 6 nitrogen and oxygen atoms in total. The third-order valence-corrected chi connectivity index (χ3v) is 2.32. The van der Waals surface area contributed by atoms with Crippen molar-refractivity contribution in [3.05, 3.63) is 23.2 Å². The van der Waals surface area contributed by atoms with E-state index in [0.717, 1.165) is 0 Å². The van der Waals surface area contributed by atoms with Crippen LogP contribution in [0.25, 0.3) is 0 Å². The zero-order valence-corrected chi connectivity index (χ0v) is 8.04. The number of H-pyrrole nitrogens is 1. The van der Waals surface area contributed by atoms with Crippen molar-refractivity contribution in [3.8, 4) is 5.19 Å². The van der Waals surface area contributed by atoms with E-state index in [1.807, 2.05) is 0 Å². The van der Waals surface area contributed by atoms with Gasteiger partial charge in [-0.2, -0.15) is 10.1 Å². The van der Waals surface area contributed by atoms with E-state index in [1.54, 1.807) is 5.38 Å². The van der Waals surface area contributed by atoms with Crippen molar-refractivity contribution in [2.24, 2.45) is 0 Å². The molecule has 1 N–H and O–H groups in total. The maximum atomic E-state index is 11.6. The Morgan fingerprint density at radius 3 is 3.07 bits per heavy atom. The number of ether oxygens (including phenoxy) is 1. The first-order valence-electron chi connectivity index (χ1n) is 3.71. The fourth-order valence-corrected chi connectivity index (χ4v) is 1.51. The van der Waals surface area contributed by atoms with Crippen molar-refractivity contribution in [1.29, 1.82) is 0 Å². The van der Waals surface area contributed by atoms with E-state index in [0.29, 0.717) is 10.9 Å². The molecule has 0 aromatic carbocycles. The van der Waals surface area contributed by atoms with Crippen LogP contribution in [-0.2, 0) is 0 Å². The predicted octanol–water partition coefficient (Wildman–Crippen LogP) is 0.501. The first-order valence-corrected chi connectivity index (χ1v) is 4.59. The average Bonchev–Trinajstić information content (AvgIpc) is 2.88. The molecule has 0 aliphatic rings. The summed E-state index contributed by atoms with van der Waals surface area (Å²) < 4.78 is 4.87. The molecule has 0 aliphatic heterocycles. The van der Waals surface area contributed by atoms with Crippen molar-refractivity contribution >= 4 is 17.1 Å². The van der Waals surface area contributed by atoms with Gasteiger partial charge in [0.25, 0.3) is 5.19 Å². The monoisotopic (exact) mass is 210 g/mol. The van der Waals surface area contributed by atoms with Gasteiger partial charge < -0.3 is 4.74 Å². The standard InChI is InChI=1S/C7H6N4O2S/c1-13-7-10-4(2-14-7)5(12)6-8-3-9-11-6/h2-3H,1H3,(H,8,9,11). The van der Waals surface area contributed by atoms with Gasteiger partial charge in [0.2, 0.25) is 5.78 Å². The second-order valence-corrected chi connectivity index (χ2v) is 3.19. The summed E-state index contributed by atoms with van der Waals surface area (Å²) in [7, 11) is 1.50. The minimum atomic E-state index is -0.290.